The first-order valence-electron chi connectivity index (χ1n) is 8.71. The van der Waals surface area contributed by atoms with E-state index in [-0.39, 0.29) is 24.1 Å². The second-order valence-electron chi connectivity index (χ2n) is 7.14. The van der Waals surface area contributed by atoms with Crippen molar-refractivity contribution in [3.05, 3.63) is 63.8 Å². The van der Waals surface area contributed by atoms with Crippen LogP contribution in [0.15, 0.2) is 41.2 Å². The zero-order valence-electron chi connectivity index (χ0n) is 14.5. The lowest BCUT2D eigenvalue weighted by molar-refractivity contribution is -0.0591. The maximum atomic E-state index is 12.7. The van der Waals surface area contributed by atoms with E-state index in [2.05, 4.69) is 22.1 Å². The third kappa shape index (κ3) is 2.93. The van der Waals surface area contributed by atoms with Gasteiger partial charge in [0.05, 0.1) is 13.2 Å². The molecule has 2 fully saturated rings. The molecule has 2 N–H and O–H groups in total. The minimum absolute atomic E-state index is 0.0908. The highest BCUT2D eigenvalue weighted by atomic mass is 16.5. The molecule has 7 nitrogen and oxygen atoms in total. The lowest BCUT2D eigenvalue weighted by Gasteiger charge is -2.25. The van der Waals surface area contributed by atoms with Crippen molar-refractivity contribution in [1.29, 1.82) is 0 Å². The number of aliphatic hydroxyl groups is 1. The van der Waals surface area contributed by atoms with Crippen LogP contribution in [-0.2, 0) is 4.74 Å². The van der Waals surface area contributed by atoms with Gasteiger partial charge in [0.1, 0.15) is 17.4 Å². The van der Waals surface area contributed by atoms with Crippen LogP contribution in [0, 0.1) is 6.92 Å². The van der Waals surface area contributed by atoms with Crippen molar-refractivity contribution in [1.82, 2.24) is 14.9 Å². The number of aromatic nitrogens is 2. The van der Waals surface area contributed by atoms with Crippen LogP contribution in [0.1, 0.15) is 34.1 Å². The number of carbonyl (C=O) groups excluding carboxylic acids is 1. The molecule has 3 heterocycles. The van der Waals surface area contributed by atoms with E-state index in [0.29, 0.717) is 25.3 Å². The highest BCUT2D eigenvalue weighted by molar-refractivity contribution is 5.92. The summed E-state index contributed by atoms with van der Waals surface area (Å²) in [7, 11) is 0. The molecule has 0 aliphatic carbocycles. The van der Waals surface area contributed by atoms with Gasteiger partial charge in [0, 0.05) is 18.2 Å². The van der Waals surface area contributed by atoms with Gasteiger partial charge in [-0.2, -0.15) is 4.98 Å². The van der Waals surface area contributed by atoms with Gasteiger partial charge in [0.2, 0.25) is 0 Å². The summed E-state index contributed by atoms with van der Waals surface area (Å²) in [4.78, 5) is 32.1. The second-order valence-corrected chi connectivity index (χ2v) is 7.14. The Bertz CT molecular complexity index is 882. The number of rotatable bonds is 2. The number of nitrogens with zero attached hydrogens (tertiary/aromatic N) is 2. The van der Waals surface area contributed by atoms with E-state index in [1.54, 1.807) is 13.0 Å². The Balaban J connectivity index is 1.53. The number of aliphatic hydroxyl groups excluding tert-OH is 1. The Morgan fingerprint density at radius 2 is 2.15 bits per heavy atom. The number of aromatic amines is 1. The third-order valence-corrected chi connectivity index (χ3v) is 5.28. The molecule has 1 amide bonds. The number of amides is 1. The average molecular weight is 355 g/mol. The Kier molecular flexibility index (Phi) is 4.13. The van der Waals surface area contributed by atoms with Crippen LogP contribution in [0.5, 0.6) is 0 Å². The van der Waals surface area contributed by atoms with Gasteiger partial charge < -0.3 is 19.7 Å². The summed E-state index contributed by atoms with van der Waals surface area (Å²) in [5.41, 5.74) is 0.529. The number of H-pyrrole nitrogens is 1. The summed E-state index contributed by atoms with van der Waals surface area (Å²) in [6.07, 6.45) is -0.104. The molecule has 1 aromatic carbocycles. The molecule has 0 saturated carbocycles. The average Bonchev–Trinajstić information content (AvgIpc) is 3.19. The van der Waals surface area contributed by atoms with E-state index in [1.165, 1.54) is 10.5 Å². The summed E-state index contributed by atoms with van der Waals surface area (Å²) in [6.45, 7) is 2.69. The van der Waals surface area contributed by atoms with Crippen molar-refractivity contribution >= 4 is 5.91 Å². The Morgan fingerprint density at radius 1 is 1.38 bits per heavy atom. The molecule has 3 atom stereocenters. The molecule has 0 bridgehead atoms. The highest BCUT2D eigenvalue weighted by Gasteiger charge is 2.53. The van der Waals surface area contributed by atoms with Gasteiger partial charge in [0.25, 0.3) is 5.91 Å². The van der Waals surface area contributed by atoms with Gasteiger partial charge >= 0.3 is 5.69 Å². The molecule has 1 spiro atoms. The molecule has 136 valence electrons. The number of β-amino-alcohol motifs (C(OH)–C–C–N with tert-alkyl or cyclic N) is 1. The van der Waals surface area contributed by atoms with E-state index in [0.717, 1.165) is 0 Å². The van der Waals surface area contributed by atoms with Crippen molar-refractivity contribution < 1.29 is 14.6 Å². The van der Waals surface area contributed by atoms with Gasteiger partial charge in [-0.15, -0.1) is 0 Å². The molecule has 1 aromatic heterocycles. The normalized spacial score (nSPS) is 28.0. The van der Waals surface area contributed by atoms with Crippen LogP contribution >= 0.6 is 0 Å². The minimum Gasteiger partial charge on any atom is -0.388 e. The Morgan fingerprint density at radius 3 is 2.88 bits per heavy atom. The fraction of sp³-hybridized carbons (Fsp3) is 0.421. The number of hydrogen-bond acceptors (Lipinski definition) is 5. The van der Waals surface area contributed by atoms with Crippen molar-refractivity contribution in [3.8, 4) is 0 Å². The lowest BCUT2D eigenvalue weighted by atomic mass is 9.87. The molecule has 26 heavy (non-hydrogen) atoms. The van der Waals surface area contributed by atoms with Gasteiger partial charge in [0.15, 0.2) is 0 Å². The van der Waals surface area contributed by atoms with Crippen LogP contribution < -0.4 is 5.69 Å². The minimum atomic E-state index is -0.761. The fourth-order valence-electron chi connectivity index (χ4n) is 3.96. The molecule has 2 aliphatic heterocycles. The van der Waals surface area contributed by atoms with Gasteiger partial charge in [-0.25, -0.2) is 4.79 Å². The topological polar surface area (TPSA) is 95.5 Å². The first kappa shape index (κ1) is 16.9. The molecule has 4 rings (SSSR count). The summed E-state index contributed by atoms with van der Waals surface area (Å²) in [5, 5.41) is 10.6. The van der Waals surface area contributed by atoms with Crippen molar-refractivity contribution in [3.63, 3.8) is 0 Å². The SMILES string of the molecule is Cc1cc(C(=O)N2C[C@@H](O)[C@@]3(C[C@H](c4ccccc4)CO3)C2)nc(=O)[nH]1. The predicted octanol–water partition coefficient (Wildman–Crippen LogP) is 0.838. The maximum absolute atomic E-state index is 12.7. The van der Waals surface area contributed by atoms with Crippen molar-refractivity contribution in [2.24, 2.45) is 0 Å². The zero-order valence-corrected chi connectivity index (χ0v) is 14.5. The molecular weight excluding hydrogens is 334 g/mol. The van der Waals surface area contributed by atoms with Crippen LogP contribution in [0.4, 0.5) is 0 Å². The maximum Gasteiger partial charge on any atom is 0.345 e. The fourth-order valence-corrected chi connectivity index (χ4v) is 3.96. The number of aryl methyl sites for hydroxylation is 1. The first-order chi connectivity index (χ1) is 12.5. The standard InChI is InChI=1S/C19H21N3O4/c1-12-7-15(21-18(25)20-12)17(24)22-9-16(23)19(11-22)8-14(10-26-19)13-5-3-2-4-6-13/h2-7,14,16,23H,8-11H2,1H3,(H,20,21,25)/t14-,16+,19+/m0/s1. The summed E-state index contributed by atoms with van der Waals surface area (Å²) in [6, 6.07) is 11.6. The second kappa shape index (κ2) is 6.34. The summed E-state index contributed by atoms with van der Waals surface area (Å²) in [5.74, 6) is -0.164. The van der Waals surface area contributed by atoms with E-state index in [4.69, 9.17) is 4.74 Å². The van der Waals surface area contributed by atoms with Crippen molar-refractivity contribution in [2.75, 3.05) is 19.7 Å². The molecule has 0 unspecified atom stereocenters. The number of hydrogen-bond donors (Lipinski definition) is 2. The largest absolute Gasteiger partial charge is 0.388 e. The van der Waals surface area contributed by atoms with E-state index < -0.39 is 17.4 Å². The quantitative estimate of drug-likeness (QED) is 0.832. The van der Waals surface area contributed by atoms with E-state index in [1.807, 2.05) is 18.2 Å². The monoisotopic (exact) mass is 355 g/mol. The van der Waals surface area contributed by atoms with Crippen LogP contribution in [0.2, 0.25) is 0 Å². The number of nitrogens with one attached hydrogen (secondary N) is 1. The Labute approximate surface area is 150 Å². The van der Waals surface area contributed by atoms with Crippen LogP contribution in [0.3, 0.4) is 0 Å². The smallest absolute Gasteiger partial charge is 0.345 e. The Hall–Kier alpha value is -2.51. The molecule has 0 radical (unpaired) electrons. The van der Waals surface area contributed by atoms with Crippen LogP contribution in [-0.4, -0.2) is 57.3 Å². The van der Waals surface area contributed by atoms with Gasteiger partial charge in [-0.3, -0.25) is 4.79 Å². The zero-order chi connectivity index (χ0) is 18.3. The number of likely N-dealkylation sites (tertiary alicyclic amines) is 1. The molecule has 7 heteroatoms. The number of carbonyl (C=O) groups is 1. The predicted molar refractivity (Wildman–Crippen MR) is 94.0 cm³/mol. The van der Waals surface area contributed by atoms with E-state index >= 15 is 0 Å². The summed E-state index contributed by atoms with van der Waals surface area (Å²) >= 11 is 0. The first-order valence-corrected chi connectivity index (χ1v) is 8.71. The number of benzene rings is 1. The third-order valence-electron chi connectivity index (χ3n) is 5.28. The molecule has 2 saturated heterocycles. The number of ether oxygens (including phenoxy) is 1. The van der Waals surface area contributed by atoms with Gasteiger partial charge in [-0.05, 0) is 25.0 Å². The van der Waals surface area contributed by atoms with Crippen molar-refractivity contribution in [2.45, 2.75) is 31.0 Å². The lowest BCUT2D eigenvalue weighted by Crippen LogP contribution is -2.41. The van der Waals surface area contributed by atoms with Gasteiger partial charge in [-0.1, -0.05) is 30.3 Å². The summed E-state index contributed by atoms with van der Waals surface area (Å²) < 4.78 is 6.01. The van der Waals surface area contributed by atoms with E-state index in [9.17, 15) is 14.7 Å². The molecular formula is C19H21N3O4. The van der Waals surface area contributed by atoms with Crippen LogP contribution in [0.25, 0.3) is 0 Å². The molecule has 2 aliphatic rings. The highest BCUT2D eigenvalue weighted by Crippen LogP contribution is 2.42. The molecule has 2 aromatic rings.